The number of amides is 2. The lowest BCUT2D eigenvalue weighted by Gasteiger charge is -2.34. The summed E-state index contributed by atoms with van der Waals surface area (Å²) in [6.45, 7) is 1.03. The van der Waals surface area contributed by atoms with E-state index in [4.69, 9.17) is 9.84 Å². The van der Waals surface area contributed by atoms with Crippen molar-refractivity contribution in [3.63, 3.8) is 0 Å². The molecule has 2 atom stereocenters. The molecule has 0 bridgehead atoms. The molecule has 0 unspecified atom stereocenters. The Labute approximate surface area is 204 Å². The van der Waals surface area contributed by atoms with E-state index in [0.717, 1.165) is 19.3 Å². The normalized spacial score (nSPS) is 21.5. The molecule has 2 amide bonds. The van der Waals surface area contributed by atoms with E-state index in [9.17, 15) is 14.4 Å². The number of nitrogens with one attached hydrogen (secondary N) is 1. The van der Waals surface area contributed by atoms with Crippen molar-refractivity contribution >= 4 is 18.0 Å². The van der Waals surface area contributed by atoms with Crippen LogP contribution in [0.15, 0.2) is 60.2 Å². The van der Waals surface area contributed by atoms with Crippen molar-refractivity contribution < 1.29 is 24.2 Å². The Morgan fingerprint density at radius 2 is 1.69 bits per heavy atom. The Balaban J connectivity index is 1.15. The molecule has 0 spiro atoms. The fraction of sp³-hybridized carbons (Fsp3) is 0.393. The van der Waals surface area contributed by atoms with Crippen LogP contribution >= 0.6 is 0 Å². The molecule has 182 valence electrons. The first-order valence-electron chi connectivity index (χ1n) is 12.3. The molecule has 35 heavy (non-hydrogen) atoms. The first-order chi connectivity index (χ1) is 17.0. The van der Waals surface area contributed by atoms with Crippen molar-refractivity contribution in [2.75, 3.05) is 19.7 Å². The maximum atomic E-state index is 13.0. The second-order valence-electron chi connectivity index (χ2n) is 9.60. The van der Waals surface area contributed by atoms with E-state index in [-0.39, 0.29) is 30.4 Å². The SMILES string of the molecule is O=C(N[C@@H]1CCC[C@@H](C(=O)N2CC=C(C(=O)O)CC2)C1)OCC1c2ccccc2-c2ccccc21. The minimum atomic E-state index is -0.915. The molecule has 0 aromatic heterocycles. The molecule has 7 heteroatoms. The lowest BCUT2D eigenvalue weighted by Crippen LogP contribution is -2.45. The van der Waals surface area contributed by atoms with Gasteiger partial charge in [-0.15, -0.1) is 0 Å². The number of carboxylic acid groups (broad SMARTS) is 1. The summed E-state index contributed by atoms with van der Waals surface area (Å²) in [6.07, 6.45) is 4.58. The first kappa shape index (κ1) is 23.1. The van der Waals surface area contributed by atoms with Crippen molar-refractivity contribution in [1.29, 1.82) is 0 Å². The van der Waals surface area contributed by atoms with E-state index in [1.807, 2.05) is 24.3 Å². The van der Waals surface area contributed by atoms with Crippen LogP contribution in [0.4, 0.5) is 4.79 Å². The van der Waals surface area contributed by atoms with Crippen LogP contribution in [-0.4, -0.2) is 53.7 Å². The zero-order valence-electron chi connectivity index (χ0n) is 19.6. The molecule has 0 saturated heterocycles. The summed E-state index contributed by atoms with van der Waals surface area (Å²) in [7, 11) is 0. The maximum Gasteiger partial charge on any atom is 0.407 e. The average Bonchev–Trinajstić information content (AvgIpc) is 3.21. The third-order valence-electron chi connectivity index (χ3n) is 7.48. The van der Waals surface area contributed by atoms with Gasteiger partial charge in [0.1, 0.15) is 6.61 Å². The molecule has 1 aliphatic heterocycles. The maximum absolute atomic E-state index is 13.0. The van der Waals surface area contributed by atoms with Crippen LogP contribution in [0.25, 0.3) is 11.1 Å². The van der Waals surface area contributed by atoms with E-state index in [1.165, 1.54) is 22.3 Å². The Hall–Kier alpha value is -3.61. The molecule has 2 aromatic carbocycles. The van der Waals surface area contributed by atoms with Gasteiger partial charge in [0.15, 0.2) is 0 Å². The molecule has 1 heterocycles. The fourth-order valence-electron chi connectivity index (χ4n) is 5.67. The van der Waals surface area contributed by atoms with E-state index in [1.54, 1.807) is 11.0 Å². The zero-order valence-corrected chi connectivity index (χ0v) is 19.6. The van der Waals surface area contributed by atoms with Gasteiger partial charge in [-0.1, -0.05) is 61.0 Å². The highest BCUT2D eigenvalue weighted by atomic mass is 16.5. The molecular formula is C28H30N2O5. The zero-order chi connectivity index (χ0) is 24.4. The van der Waals surface area contributed by atoms with Gasteiger partial charge in [0.25, 0.3) is 0 Å². The predicted octanol–water partition coefficient (Wildman–Crippen LogP) is 4.33. The molecule has 1 saturated carbocycles. The number of carbonyl (C=O) groups is 3. The highest BCUT2D eigenvalue weighted by Crippen LogP contribution is 2.44. The van der Waals surface area contributed by atoms with Gasteiger partial charge in [0.05, 0.1) is 0 Å². The standard InChI is InChI=1S/C28H30N2O5/c31-26(30-14-12-18(13-15-30)27(32)33)19-6-5-7-20(16-19)29-28(34)35-17-25-23-10-3-1-8-21(23)22-9-2-4-11-24(22)25/h1-4,8-12,19-20,25H,5-7,13-17H2,(H,29,34)(H,32,33)/t19-,20-/m1/s1. The summed E-state index contributed by atoms with van der Waals surface area (Å²) in [5.74, 6) is -1.02. The lowest BCUT2D eigenvalue weighted by atomic mass is 9.84. The van der Waals surface area contributed by atoms with E-state index < -0.39 is 12.1 Å². The summed E-state index contributed by atoms with van der Waals surface area (Å²) >= 11 is 0. The van der Waals surface area contributed by atoms with Gasteiger partial charge in [-0.3, -0.25) is 4.79 Å². The van der Waals surface area contributed by atoms with Crippen molar-refractivity contribution in [2.24, 2.45) is 5.92 Å². The third-order valence-corrected chi connectivity index (χ3v) is 7.48. The van der Waals surface area contributed by atoms with Gasteiger partial charge in [0.2, 0.25) is 5.91 Å². The van der Waals surface area contributed by atoms with Crippen LogP contribution in [0, 0.1) is 5.92 Å². The van der Waals surface area contributed by atoms with Gasteiger partial charge >= 0.3 is 12.1 Å². The summed E-state index contributed by atoms with van der Waals surface area (Å²) in [4.78, 5) is 38.5. The van der Waals surface area contributed by atoms with Gasteiger partial charge in [-0.2, -0.15) is 0 Å². The number of hydrogen-bond donors (Lipinski definition) is 2. The number of carboxylic acids is 1. The minimum absolute atomic E-state index is 0.0108. The minimum Gasteiger partial charge on any atom is -0.478 e. The molecule has 3 aliphatic rings. The van der Waals surface area contributed by atoms with E-state index in [0.29, 0.717) is 31.5 Å². The monoisotopic (exact) mass is 474 g/mol. The highest BCUT2D eigenvalue weighted by Gasteiger charge is 2.33. The lowest BCUT2D eigenvalue weighted by molar-refractivity contribution is -0.138. The molecule has 0 radical (unpaired) electrons. The smallest absolute Gasteiger partial charge is 0.407 e. The number of benzene rings is 2. The predicted molar refractivity (Wildman–Crippen MR) is 131 cm³/mol. The van der Waals surface area contributed by atoms with E-state index in [2.05, 4.69) is 29.6 Å². The topological polar surface area (TPSA) is 95.9 Å². The molecule has 2 aromatic rings. The number of hydrogen-bond acceptors (Lipinski definition) is 4. The van der Waals surface area contributed by atoms with Gasteiger partial charge in [-0.25, -0.2) is 9.59 Å². The number of aliphatic carboxylic acids is 1. The molecule has 5 rings (SSSR count). The van der Waals surface area contributed by atoms with E-state index >= 15 is 0 Å². The van der Waals surface area contributed by atoms with Crippen LogP contribution in [0.2, 0.25) is 0 Å². The Kier molecular flexibility index (Phi) is 6.57. The van der Waals surface area contributed by atoms with Crippen molar-refractivity contribution in [3.05, 3.63) is 71.3 Å². The summed E-state index contributed by atoms with van der Waals surface area (Å²) < 4.78 is 5.68. The number of rotatable bonds is 5. The summed E-state index contributed by atoms with van der Waals surface area (Å²) in [6, 6.07) is 16.4. The largest absolute Gasteiger partial charge is 0.478 e. The second-order valence-corrected chi connectivity index (χ2v) is 9.60. The van der Waals surface area contributed by atoms with Crippen LogP contribution < -0.4 is 5.32 Å². The summed E-state index contributed by atoms with van der Waals surface area (Å²) in [5.41, 5.74) is 5.09. The number of fused-ring (bicyclic) bond motifs is 3. The molecule has 2 N–H and O–H groups in total. The highest BCUT2D eigenvalue weighted by molar-refractivity contribution is 5.87. The van der Waals surface area contributed by atoms with Crippen molar-refractivity contribution in [1.82, 2.24) is 10.2 Å². The Morgan fingerprint density at radius 1 is 1.00 bits per heavy atom. The van der Waals surface area contributed by atoms with Crippen LogP contribution in [0.5, 0.6) is 0 Å². The Bertz CT molecular complexity index is 1130. The molecule has 1 fully saturated rings. The molecule has 2 aliphatic carbocycles. The van der Waals surface area contributed by atoms with Crippen LogP contribution in [0.3, 0.4) is 0 Å². The second kappa shape index (κ2) is 9.94. The van der Waals surface area contributed by atoms with Gasteiger partial charge < -0.3 is 20.1 Å². The van der Waals surface area contributed by atoms with Crippen molar-refractivity contribution in [3.8, 4) is 11.1 Å². The third kappa shape index (κ3) is 4.81. The molecule has 7 nitrogen and oxygen atoms in total. The number of carbonyl (C=O) groups excluding carboxylic acids is 2. The van der Waals surface area contributed by atoms with Gasteiger partial charge in [-0.05, 0) is 47.9 Å². The van der Waals surface area contributed by atoms with Gasteiger partial charge in [0, 0.05) is 36.5 Å². The van der Waals surface area contributed by atoms with Crippen LogP contribution in [0.1, 0.15) is 49.1 Å². The number of nitrogens with zero attached hydrogens (tertiary/aromatic N) is 1. The summed E-state index contributed by atoms with van der Waals surface area (Å²) in [5, 5.41) is 12.1. The first-order valence-corrected chi connectivity index (χ1v) is 12.3. The van der Waals surface area contributed by atoms with Crippen molar-refractivity contribution in [2.45, 2.75) is 44.1 Å². The number of ether oxygens (including phenoxy) is 1. The fourth-order valence-corrected chi connectivity index (χ4v) is 5.67. The number of alkyl carbamates (subject to hydrolysis) is 1. The Morgan fingerprint density at radius 3 is 2.31 bits per heavy atom. The quantitative estimate of drug-likeness (QED) is 0.673. The molecular weight excluding hydrogens is 444 g/mol. The van der Waals surface area contributed by atoms with Crippen LogP contribution in [-0.2, 0) is 14.3 Å². The average molecular weight is 475 g/mol.